The van der Waals surface area contributed by atoms with Crippen molar-refractivity contribution in [3.8, 4) is 5.75 Å². The molecule has 4 aliphatic rings. The number of carbonyl (C=O) groups excluding carboxylic acids is 1. The number of benzene rings is 1. The number of hydrogen-bond acceptors (Lipinski definition) is 5. The van der Waals surface area contributed by atoms with Crippen LogP contribution in [0.2, 0.25) is 0 Å². The maximum atomic E-state index is 12.9. The molecule has 1 N–H and O–H groups in total. The molecule has 5 heteroatoms. The topological polar surface area (TPSA) is 50.8 Å². The fourth-order valence-electron chi connectivity index (χ4n) is 4.79. The highest BCUT2D eigenvalue weighted by atomic mass is 16.5. The van der Waals surface area contributed by atoms with Crippen molar-refractivity contribution in [1.82, 2.24) is 10.2 Å². The average Bonchev–Trinajstić information content (AvgIpc) is 3.17. The van der Waals surface area contributed by atoms with E-state index in [9.17, 15) is 4.79 Å². The number of esters is 1. The van der Waals surface area contributed by atoms with E-state index in [1.165, 1.54) is 5.56 Å². The highest BCUT2D eigenvalue weighted by Crippen LogP contribution is 2.41. The number of rotatable bonds is 8. The molecule has 3 aliphatic heterocycles. The summed E-state index contributed by atoms with van der Waals surface area (Å²) in [6.07, 6.45) is 7.22. The lowest BCUT2D eigenvalue weighted by molar-refractivity contribution is -0.143. The van der Waals surface area contributed by atoms with Gasteiger partial charge < -0.3 is 19.7 Å². The summed E-state index contributed by atoms with van der Waals surface area (Å²) < 4.78 is 11.8. The normalized spacial score (nSPS) is 25.4. The molecule has 1 aromatic carbocycles. The maximum absolute atomic E-state index is 12.9. The zero-order chi connectivity index (χ0) is 19.6. The number of fused-ring (bicyclic) bond motifs is 4. The molecule has 28 heavy (non-hydrogen) atoms. The fraction of sp³-hybridized carbons (Fsp3) is 0.609. The van der Waals surface area contributed by atoms with Crippen LogP contribution in [0.1, 0.15) is 42.4 Å². The first-order chi connectivity index (χ1) is 13.6. The minimum absolute atomic E-state index is 0.170. The molecule has 1 aliphatic carbocycles. The molecular weight excluding hydrogens is 352 g/mol. The molecule has 5 nitrogen and oxygen atoms in total. The van der Waals surface area contributed by atoms with E-state index in [2.05, 4.69) is 16.3 Å². The lowest BCUT2D eigenvalue weighted by Crippen LogP contribution is -2.50. The number of carbonyl (C=O) groups is 1. The van der Waals surface area contributed by atoms with Gasteiger partial charge in [-0.05, 0) is 95.0 Å². The minimum atomic E-state index is -0.170. The molecule has 152 valence electrons. The molecule has 0 radical (unpaired) electrons. The van der Waals surface area contributed by atoms with E-state index in [0.29, 0.717) is 13.2 Å². The van der Waals surface area contributed by atoms with E-state index in [-0.39, 0.29) is 11.4 Å². The Balaban J connectivity index is 1.42. The van der Waals surface area contributed by atoms with E-state index >= 15 is 0 Å². The Morgan fingerprint density at radius 3 is 2.68 bits per heavy atom. The third kappa shape index (κ3) is 3.83. The van der Waals surface area contributed by atoms with Gasteiger partial charge in [-0.1, -0.05) is 12.1 Å². The van der Waals surface area contributed by atoms with Gasteiger partial charge >= 0.3 is 5.97 Å². The summed E-state index contributed by atoms with van der Waals surface area (Å²) in [6, 6.07) is 4.12. The number of ether oxygens (including phenoxy) is 2. The van der Waals surface area contributed by atoms with Gasteiger partial charge in [0, 0.05) is 5.41 Å². The Kier molecular flexibility index (Phi) is 5.74. The second-order valence-electron chi connectivity index (χ2n) is 8.52. The number of allylic oxidation sites excluding steroid dienone is 1. The average molecular weight is 385 g/mol. The van der Waals surface area contributed by atoms with E-state index < -0.39 is 0 Å². The highest BCUT2D eigenvalue weighted by molar-refractivity contribution is 6.18. The summed E-state index contributed by atoms with van der Waals surface area (Å²) >= 11 is 0. The van der Waals surface area contributed by atoms with Crippen molar-refractivity contribution in [3.63, 3.8) is 0 Å². The number of nitrogens with zero attached hydrogens (tertiary/aromatic N) is 1. The third-order valence-electron chi connectivity index (χ3n) is 6.73. The van der Waals surface area contributed by atoms with E-state index in [4.69, 9.17) is 9.47 Å². The largest absolute Gasteiger partial charge is 0.493 e. The van der Waals surface area contributed by atoms with Gasteiger partial charge in [-0.25, -0.2) is 4.79 Å². The Hall–Kier alpha value is -1.85. The smallest absolute Gasteiger partial charge is 0.338 e. The van der Waals surface area contributed by atoms with Gasteiger partial charge in [0.25, 0.3) is 0 Å². The molecule has 2 bridgehead atoms. The van der Waals surface area contributed by atoms with Crippen molar-refractivity contribution >= 4 is 11.5 Å². The van der Waals surface area contributed by atoms with Crippen molar-refractivity contribution in [2.75, 3.05) is 46.4 Å². The molecule has 0 aromatic heterocycles. The number of nitrogens with one attached hydrogen (secondary N) is 1. The predicted octanol–water partition coefficient (Wildman–Crippen LogP) is 2.95. The summed E-state index contributed by atoms with van der Waals surface area (Å²) in [4.78, 5) is 15.4. The van der Waals surface area contributed by atoms with Gasteiger partial charge in [0.2, 0.25) is 0 Å². The van der Waals surface area contributed by atoms with Gasteiger partial charge in [-0.15, -0.1) is 0 Å². The number of piperidine rings is 3. The predicted molar refractivity (Wildman–Crippen MR) is 111 cm³/mol. The zero-order valence-corrected chi connectivity index (χ0v) is 17.2. The number of hydrogen-bond donors (Lipinski definition) is 1. The second-order valence-corrected chi connectivity index (χ2v) is 8.52. The quantitative estimate of drug-likeness (QED) is 0.552. The van der Waals surface area contributed by atoms with Crippen LogP contribution >= 0.6 is 0 Å². The standard InChI is InChI=1S/C23H32N2O3/c1-17-20(27-15-3-11-24-2)7-5-18-4-6-19(21(17)18)22(26)28-16-23-8-12-25(13-9-23)14-10-23/h5-7,24H,3-4,8-16H2,1-2H3. The minimum Gasteiger partial charge on any atom is -0.493 e. The summed E-state index contributed by atoms with van der Waals surface area (Å²) in [7, 11) is 1.94. The molecule has 0 unspecified atom stereocenters. The molecule has 0 amide bonds. The first kappa shape index (κ1) is 19.5. The summed E-state index contributed by atoms with van der Waals surface area (Å²) in [6.45, 7) is 7.66. The van der Waals surface area contributed by atoms with Crippen LogP contribution in [-0.2, 0) is 16.0 Å². The first-order valence-corrected chi connectivity index (χ1v) is 10.6. The van der Waals surface area contributed by atoms with Crippen molar-refractivity contribution < 1.29 is 14.3 Å². The van der Waals surface area contributed by atoms with Crippen molar-refractivity contribution in [1.29, 1.82) is 0 Å². The van der Waals surface area contributed by atoms with Crippen molar-refractivity contribution in [2.24, 2.45) is 5.41 Å². The van der Waals surface area contributed by atoms with Crippen LogP contribution in [0.5, 0.6) is 5.75 Å². The SMILES string of the molecule is CNCCCOc1ccc2c(c1C)C(C(=O)OCC13CCN(CC1)CC3)=CC2. The highest BCUT2D eigenvalue weighted by Gasteiger charge is 2.40. The Labute approximate surface area is 168 Å². The third-order valence-corrected chi connectivity index (χ3v) is 6.73. The molecule has 3 heterocycles. The van der Waals surface area contributed by atoms with Gasteiger partial charge in [0.1, 0.15) is 5.75 Å². The molecule has 1 aromatic rings. The fourth-order valence-corrected chi connectivity index (χ4v) is 4.79. The molecule has 5 rings (SSSR count). The maximum Gasteiger partial charge on any atom is 0.338 e. The summed E-state index contributed by atoms with van der Waals surface area (Å²) in [5, 5.41) is 3.13. The summed E-state index contributed by atoms with van der Waals surface area (Å²) in [5.74, 6) is 0.699. The Bertz CT molecular complexity index is 750. The molecule has 0 saturated carbocycles. The lowest BCUT2D eigenvalue weighted by Gasteiger charge is -2.47. The first-order valence-electron chi connectivity index (χ1n) is 10.6. The molecule has 3 saturated heterocycles. The summed E-state index contributed by atoms with van der Waals surface area (Å²) in [5.41, 5.74) is 4.19. The van der Waals surface area contributed by atoms with Gasteiger partial charge in [0.05, 0.1) is 18.8 Å². The van der Waals surface area contributed by atoms with Gasteiger partial charge in [0.15, 0.2) is 0 Å². The molecule has 0 spiro atoms. The van der Waals surface area contributed by atoms with Crippen LogP contribution < -0.4 is 10.1 Å². The van der Waals surface area contributed by atoms with Gasteiger partial charge in [-0.2, -0.15) is 0 Å². The van der Waals surface area contributed by atoms with Crippen LogP contribution in [0.25, 0.3) is 5.57 Å². The molecule has 3 fully saturated rings. The lowest BCUT2D eigenvalue weighted by atomic mass is 9.73. The van der Waals surface area contributed by atoms with Crippen LogP contribution in [0.3, 0.4) is 0 Å². The molecule has 0 atom stereocenters. The van der Waals surface area contributed by atoms with Crippen LogP contribution in [0, 0.1) is 12.3 Å². The Morgan fingerprint density at radius 2 is 1.96 bits per heavy atom. The van der Waals surface area contributed by atoms with Crippen LogP contribution in [0.15, 0.2) is 18.2 Å². The van der Waals surface area contributed by atoms with Gasteiger partial charge in [-0.3, -0.25) is 0 Å². The molecular formula is C23H32N2O3. The van der Waals surface area contributed by atoms with Crippen LogP contribution in [0.4, 0.5) is 0 Å². The van der Waals surface area contributed by atoms with E-state index in [0.717, 1.165) is 80.7 Å². The van der Waals surface area contributed by atoms with E-state index in [1.807, 2.05) is 26.1 Å². The van der Waals surface area contributed by atoms with Crippen LogP contribution in [-0.4, -0.2) is 57.3 Å². The van der Waals surface area contributed by atoms with Crippen molar-refractivity contribution in [3.05, 3.63) is 34.9 Å². The zero-order valence-electron chi connectivity index (χ0n) is 17.2. The Morgan fingerprint density at radius 1 is 1.21 bits per heavy atom. The monoisotopic (exact) mass is 384 g/mol. The van der Waals surface area contributed by atoms with Crippen molar-refractivity contribution in [2.45, 2.75) is 39.0 Å². The van der Waals surface area contributed by atoms with E-state index in [1.54, 1.807) is 0 Å². The second kappa shape index (κ2) is 8.26.